The maximum atomic E-state index is 11.1. The van der Waals surface area contributed by atoms with Gasteiger partial charge in [0.25, 0.3) is 0 Å². The molecule has 1 saturated heterocycles. The maximum absolute atomic E-state index is 11.1. The summed E-state index contributed by atoms with van der Waals surface area (Å²) in [5.74, 6) is -1.59. The summed E-state index contributed by atoms with van der Waals surface area (Å²) in [6, 6.07) is 4.45. The molecule has 11 heteroatoms. The van der Waals surface area contributed by atoms with Gasteiger partial charge in [0.15, 0.2) is 0 Å². The van der Waals surface area contributed by atoms with Crippen molar-refractivity contribution in [2.24, 2.45) is 0 Å². The Hall–Kier alpha value is 3.07. The Morgan fingerprint density at radius 2 is 2.05 bits per heavy atom. The van der Waals surface area contributed by atoms with Gasteiger partial charge in [0.2, 0.25) is 5.91 Å². The molecule has 0 spiro atoms. The Morgan fingerprint density at radius 1 is 1.41 bits per heavy atom. The van der Waals surface area contributed by atoms with Gasteiger partial charge in [-0.25, -0.2) is 5.43 Å². The number of nitrogens with zero attached hydrogens (tertiary/aromatic N) is 1. The van der Waals surface area contributed by atoms with Crippen molar-refractivity contribution in [2.45, 2.75) is 12.4 Å². The average molecular weight is 743 g/mol. The number of benzene rings is 1. The summed E-state index contributed by atoms with van der Waals surface area (Å²) in [5.41, 5.74) is 6.22. The van der Waals surface area contributed by atoms with Crippen LogP contribution >= 0.6 is 0 Å². The number of aromatic carboxylic acids is 1. The summed E-state index contributed by atoms with van der Waals surface area (Å²) in [4.78, 5) is 23.8. The fourth-order valence-electron chi connectivity index (χ4n) is 1.78. The van der Waals surface area contributed by atoms with Crippen LogP contribution in [0, 0.1) is 0 Å². The van der Waals surface area contributed by atoms with E-state index in [-0.39, 0.29) is 172 Å². The van der Waals surface area contributed by atoms with Gasteiger partial charge in [-0.2, -0.15) is 0 Å². The van der Waals surface area contributed by atoms with Crippen LogP contribution in [0.4, 0.5) is 11.4 Å². The summed E-state index contributed by atoms with van der Waals surface area (Å²) < 4.78 is 0. The molecule has 1 radical (unpaired) electrons. The van der Waals surface area contributed by atoms with E-state index in [0.29, 0.717) is 18.0 Å². The Kier molecular flexibility index (Phi) is 16.5. The minimum Gasteiger partial charge on any atom is -0.751 e. The first-order chi connectivity index (χ1) is 8.97. The summed E-state index contributed by atoms with van der Waals surface area (Å²) in [6.45, 7) is 1.78. The van der Waals surface area contributed by atoms with Crippen molar-refractivity contribution < 1.29 is 106 Å². The van der Waals surface area contributed by atoms with Gasteiger partial charge >= 0.3 is 91.3 Å². The molecule has 1 aromatic rings. The molecule has 1 heterocycles. The van der Waals surface area contributed by atoms with Crippen molar-refractivity contribution in [1.29, 1.82) is 0 Å². The predicted octanol–water partition coefficient (Wildman–Crippen LogP) is -4.67. The van der Waals surface area contributed by atoms with Gasteiger partial charge in [0.1, 0.15) is 0 Å². The zero-order valence-electron chi connectivity index (χ0n) is 12.4. The van der Waals surface area contributed by atoms with Crippen LogP contribution in [-0.4, -0.2) is 92.9 Å². The van der Waals surface area contributed by atoms with Gasteiger partial charge in [-0.1, -0.05) is 0 Å². The summed E-state index contributed by atoms with van der Waals surface area (Å²) in [7, 11) is 0. The third-order valence-electron chi connectivity index (χ3n) is 2.56. The van der Waals surface area contributed by atoms with Crippen LogP contribution in [0.25, 0.3) is 0 Å². The maximum Gasteiger partial charge on any atom is 1.00 e. The number of hydrogen-bond acceptors (Lipinski definition) is 7. The molecule has 0 aromatic heterocycles. The third kappa shape index (κ3) is 8.18. The van der Waals surface area contributed by atoms with Crippen LogP contribution in [0.2, 0.25) is 0 Å². The first kappa shape index (κ1) is 27.3. The van der Waals surface area contributed by atoms with Crippen LogP contribution in [0.3, 0.4) is 0 Å². The molecule has 1 fully saturated rings. The molecule has 1 aliphatic heterocycles. The van der Waals surface area contributed by atoms with Gasteiger partial charge in [-0.3, -0.25) is 10.2 Å². The molecule has 0 saturated carbocycles. The summed E-state index contributed by atoms with van der Waals surface area (Å²) >= 11 is 5.15. The van der Waals surface area contributed by atoms with Crippen molar-refractivity contribution in [3.63, 3.8) is 0 Å². The van der Waals surface area contributed by atoms with Crippen molar-refractivity contribution in [3.8, 4) is 0 Å². The second-order valence-electron chi connectivity index (χ2n) is 4.04. The normalized spacial score (nSPS) is 15.9. The average Bonchev–Trinajstić information content (AvgIpc) is 2.74. The van der Waals surface area contributed by atoms with E-state index in [1.807, 2.05) is 0 Å². The smallest absolute Gasteiger partial charge is 0.751 e. The quantitative estimate of drug-likeness (QED) is 0.212. The molecule has 1 aromatic carbocycles. The van der Waals surface area contributed by atoms with E-state index in [9.17, 15) is 14.7 Å². The number of hydrazine groups is 1. The van der Waals surface area contributed by atoms with Crippen molar-refractivity contribution in [3.05, 3.63) is 23.8 Å². The first-order valence-corrected chi connectivity index (χ1v) is 5.99. The number of carboxylic acid groups (broad SMARTS) is 1. The zero-order chi connectivity index (χ0) is 14.0. The summed E-state index contributed by atoms with van der Waals surface area (Å²) in [6.07, 6.45) is 0. The molecular weight excluding hydrogens is 731 g/mol. The van der Waals surface area contributed by atoms with Crippen LogP contribution < -0.4 is 95.1 Å². The molecule has 113 valence electrons. The molecule has 22 heavy (non-hydrogen) atoms. The SMILES string of the molecule is CC(=O)Nc1cc(C(=O)[O-])cc(N2CNNC2[S-])c1.[Au+].[Cs+].[Cs]. The molecule has 3 N–H and O–H groups in total. The molecule has 1 aliphatic rings. The number of carbonyl (C=O) groups excluding carboxylic acids is 2. The second kappa shape index (κ2) is 13.3. The van der Waals surface area contributed by atoms with Gasteiger partial charge in [-0.15, -0.1) is 0 Å². The number of carboxylic acids is 1. The second-order valence-corrected chi connectivity index (χ2v) is 4.49. The zero-order valence-corrected chi connectivity index (χ0v) is 27.9. The fraction of sp³-hybridized carbons (Fsp3) is 0.273. The van der Waals surface area contributed by atoms with E-state index < -0.39 is 11.5 Å². The first-order valence-electron chi connectivity index (χ1n) is 5.52. The number of hydrogen-bond donors (Lipinski definition) is 3. The van der Waals surface area contributed by atoms with E-state index in [1.165, 1.54) is 19.1 Å². The monoisotopic (exact) mass is 743 g/mol. The minimum absolute atomic E-state index is 0. The van der Waals surface area contributed by atoms with Gasteiger partial charge in [-0.05, 0) is 23.7 Å². The minimum atomic E-state index is -1.31. The van der Waals surface area contributed by atoms with Crippen LogP contribution in [0.1, 0.15) is 17.3 Å². The Balaban J connectivity index is 0. The van der Waals surface area contributed by atoms with Crippen molar-refractivity contribution in [1.82, 2.24) is 10.9 Å². The van der Waals surface area contributed by atoms with E-state index in [2.05, 4.69) is 16.2 Å². The molecule has 7 nitrogen and oxygen atoms in total. The standard InChI is InChI=1S/C11H14N4O3S.Au.2Cs/c1-6(16)13-8-2-7(10(17)18)3-9(4-8)15-5-12-14-11(15)19;;;/h2-4,11-12,14,19H,5H2,1H3,(H,13,16)(H,17,18);;;/q;+1;;+1/p-2. The predicted molar refractivity (Wildman–Crippen MR) is 75.6 cm³/mol. The topological polar surface area (TPSA) is 96.5 Å². The molecule has 1 atom stereocenters. The number of anilines is 2. The van der Waals surface area contributed by atoms with Crippen molar-refractivity contribution >= 4 is 105 Å². The number of rotatable bonds is 3. The number of amides is 1. The summed E-state index contributed by atoms with van der Waals surface area (Å²) in [5, 5.41) is 13.5. The van der Waals surface area contributed by atoms with Crippen LogP contribution in [0.15, 0.2) is 18.2 Å². The van der Waals surface area contributed by atoms with E-state index in [0.717, 1.165) is 0 Å². The number of carbonyl (C=O) groups is 2. The van der Waals surface area contributed by atoms with E-state index in [1.54, 1.807) is 11.0 Å². The Morgan fingerprint density at radius 3 is 2.50 bits per heavy atom. The Bertz CT molecular complexity index is 538. The van der Waals surface area contributed by atoms with Crippen LogP contribution in [0.5, 0.6) is 0 Å². The third-order valence-corrected chi connectivity index (χ3v) is 2.94. The van der Waals surface area contributed by atoms with E-state index >= 15 is 0 Å². The number of nitrogens with one attached hydrogen (secondary N) is 3. The molecular formula is C11H12AuCs2N4O3S. The van der Waals surface area contributed by atoms with Gasteiger partial charge in [0.05, 0.1) is 12.6 Å². The largest absolute Gasteiger partial charge is 1.00 e. The van der Waals surface area contributed by atoms with Crippen LogP contribution in [-0.2, 0) is 39.8 Å². The van der Waals surface area contributed by atoms with Gasteiger partial charge < -0.3 is 32.7 Å². The molecule has 1 unspecified atom stereocenters. The molecule has 2 rings (SSSR count). The molecule has 1 amide bonds. The van der Waals surface area contributed by atoms with Gasteiger partial charge in [0, 0.05) is 92.8 Å². The molecule has 0 bridgehead atoms. The molecule has 0 aliphatic carbocycles. The fourth-order valence-corrected chi connectivity index (χ4v) is 2.06. The van der Waals surface area contributed by atoms with Crippen molar-refractivity contribution in [2.75, 3.05) is 16.9 Å². The van der Waals surface area contributed by atoms with E-state index in [4.69, 9.17) is 12.6 Å². The Labute approximate surface area is 267 Å².